The van der Waals surface area contributed by atoms with Gasteiger partial charge in [0.05, 0.1) is 26.6 Å². The van der Waals surface area contributed by atoms with Gasteiger partial charge in [0.25, 0.3) is 0 Å². The molecule has 0 fully saturated rings. The Morgan fingerprint density at radius 1 is 1.29 bits per heavy atom. The molecule has 3 aromatic rings. The molecule has 1 aromatic carbocycles. The highest BCUT2D eigenvalue weighted by Crippen LogP contribution is 2.40. The van der Waals surface area contributed by atoms with Crippen molar-refractivity contribution in [3.63, 3.8) is 0 Å². The van der Waals surface area contributed by atoms with Gasteiger partial charge in [-0.3, -0.25) is 0 Å². The molecule has 110 valence electrons. The molecule has 0 saturated heterocycles. The maximum Gasteiger partial charge on any atom is 0.144 e. The lowest BCUT2D eigenvalue weighted by Crippen LogP contribution is -2.04. The second-order valence-electron chi connectivity index (χ2n) is 5.53. The third-order valence-corrected chi connectivity index (χ3v) is 5.15. The number of nitrogens with two attached hydrogens (primary N) is 1. The van der Waals surface area contributed by atoms with E-state index in [1.165, 1.54) is 10.4 Å². The zero-order chi connectivity index (χ0) is 15.3. The fourth-order valence-electron chi connectivity index (χ4n) is 2.72. The zero-order valence-corrected chi connectivity index (χ0v) is 14.1. The van der Waals surface area contributed by atoms with Gasteiger partial charge in [-0.15, -0.1) is 11.3 Å². The molecule has 0 aliphatic carbocycles. The molecular formula is C16H18ClN3S. The van der Waals surface area contributed by atoms with E-state index in [1.54, 1.807) is 11.3 Å². The predicted molar refractivity (Wildman–Crippen MR) is 92.3 cm³/mol. The Morgan fingerprint density at radius 3 is 2.57 bits per heavy atom. The Morgan fingerprint density at radius 2 is 2.00 bits per heavy atom. The first kappa shape index (κ1) is 14.4. The average molecular weight is 320 g/mol. The fraction of sp³-hybridized carbons (Fsp3) is 0.312. The van der Waals surface area contributed by atoms with Crippen molar-refractivity contribution in [1.29, 1.82) is 0 Å². The predicted octanol–water partition coefficient (Wildman–Crippen LogP) is 5.20. The lowest BCUT2D eigenvalue weighted by atomic mass is 10.1. The molecule has 0 radical (unpaired) electrons. The molecule has 2 heterocycles. The summed E-state index contributed by atoms with van der Waals surface area (Å²) in [5.41, 5.74) is 10.4. The number of halogens is 1. The molecule has 3 nitrogen and oxygen atoms in total. The van der Waals surface area contributed by atoms with Crippen LogP contribution in [0, 0.1) is 13.8 Å². The van der Waals surface area contributed by atoms with Gasteiger partial charge in [0.1, 0.15) is 5.82 Å². The number of anilines is 1. The van der Waals surface area contributed by atoms with Gasteiger partial charge < -0.3 is 10.3 Å². The first-order valence-corrected chi connectivity index (χ1v) is 8.13. The molecule has 0 saturated carbocycles. The summed E-state index contributed by atoms with van der Waals surface area (Å²) in [5.74, 6) is 0.910. The Balaban J connectivity index is 2.43. The quantitative estimate of drug-likeness (QED) is 0.705. The highest BCUT2D eigenvalue weighted by atomic mass is 35.5. The van der Waals surface area contributed by atoms with Crippen molar-refractivity contribution in [2.45, 2.75) is 33.7 Å². The van der Waals surface area contributed by atoms with Crippen molar-refractivity contribution < 1.29 is 0 Å². The number of nitrogens with zero attached hydrogens (tertiary/aromatic N) is 2. The Kier molecular flexibility index (Phi) is 3.46. The van der Waals surface area contributed by atoms with Gasteiger partial charge in [0.2, 0.25) is 0 Å². The van der Waals surface area contributed by atoms with Crippen molar-refractivity contribution in [3.05, 3.63) is 33.7 Å². The molecule has 2 aromatic heterocycles. The molecule has 0 amide bonds. The number of thiophene rings is 1. The van der Waals surface area contributed by atoms with Gasteiger partial charge in [-0.1, -0.05) is 17.7 Å². The van der Waals surface area contributed by atoms with E-state index >= 15 is 0 Å². The number of para-hydroxylation sites is 1. The minimum Gasteiger partial charge on any atom is -0.390 e. The summed E-state index contributed by atoms with van der Waals surface area (Å²) >= 11 is 8.02. The fourth-order valence-corrected chi connectivity index (χ4v) is 3.91. The van der Waals surface area contributed by atoms with Gasteiger partial charge in [-0.25, -0.2) is 4.98 Å². The van der Waals surface area contributed by atoms with Gasteiger partial charge in [0.15, 0.2) is 0 Å². The van der Waals surface area contributed by atoms with Crippen molar-refractivity contribution in [3.8, 4) is 11.4 Å². The Bertz CT molecular complexity index is 830. The summed E-state index contributed by atoms with van der Waals surface area (Å²) in [6.07, 6.45) is 0. The summed E-state index contributed by atoms with van der Waals surface area (Å²) in [5, 5.41) is 1.54. The van der Waals surface area contributed by atoms with Crippen LogP contribution in [0.5, 0.6) is 0 Å². The van der Waals surface area contributed by atoms with Crippen LogP contribution in [-0.2, 0) is 0 Å². The Hall–Kier alpha value is -1.52. The van der Waals surface area contributed by atoms with E-state index in [1.807, 2.05) is 18.2 Å². The molecule has 0 unspecified atom stereocenters. The van der Waals surface area contributed by atoms with Crippen molar-refractivity contribution in [2.75, 3.05) is 5.73 Å². The molecule has 0 aliphatic heterocycles. The van der Waals surface area contributed by atoms with Crippen LogP contribution in [0.3, 0.4) is 0 Å². The molecule has 0 spiro atoms. The minimum absolute atomic E-state index is 0.254. The van der Waals surface area contributed by atoms with Crippen LogP contribution in [0.1, 0.15) is 30.3 Å². The van der Waals surface area contributed by atoms with Crippen LogP contribution in [0.4, 0.5) is 5.00 Å². The number of nitrogen functional groups attached to an aromatic ring is 1. The maximum absolute atomic E-state index is 6.40. The van der Waals surface area contributed by atoms with Gasteiger partial charge in [0, 0.05) is 10.9 Å². The van der Waals surface area contributed by atoms with Gasteiger partial charge in [-0.05, 0) is 45.4 Å². The van der Waals surface area contributed by atoms with E-state index in [0.717, 1.165) is 32.4 Å². The molecule has 5 heteroatoms. The van der Waals surface area contributed by atoms with E-state index in [0.29, 0.717) is 0 Å². The van der Waals surface area contributed by atoms with Crippen LogP contribution >= 0.6 is 22.9 Å². The number of imidazole rings is 1. The zero-order valence-electron chi connectivity index (χ0n) is 12.6. The number of hydrogen-bond donors (Lipinski definition) is 1. The highest BCUT2D eigenvalue weighted by molar-refractivity contribution is 7.16. The summed E-state index contributed by atoms with van der Waals surface area (Å²) in [6.45, 7) is 8.47. The molecule has 2 N–H and O–H groups in total. The van der Waals surface area contributed by atoms with Crippen LogP contribution in [0.25, 0.3) is 22.4 Å². The summed E-state index contributed by atoms with van der Waals surface area (Å²) < 4.78 is 2.18. The van der Waals surface area contributed by atoms with E-state index in [2.05, 4.69) is 32.3 Å². The number of rotatable bonds is 2. The van der Waals surface area contributed by atoms with E-state index in [4.69, 9.17) is 22.3 Å². The normalized spacial score (nSPS) is 11.7. The summed E-state index contributed by atoms with van der Waals surface area (Å²) in [4.78, 5) is 6.04. The lowest BCUT2D eigenvalue weighted by Gasteiger charge is -2.14. The standard InChI is InChI=1S/C16H18ClN3S/c1-8(2)20-14-11(17)6-5-7-12(14)19-16(20)13-9(3)10(4)21-15(13)18/h5-8H,18H2,1-4H3. The van der Waals surface area contributed by atoms with E-state index < -0.39 is 0 Å². The SMILES string of the molecule is Cc1sc(N)c(-c2nc3cccc(Cl)c3n2C(C)C)c1C. The summed E-state index contributed by atoms with van der Waals surface area (Å²) in [7, 11) is 0. The van der Waals surface area contributed by atoms with Gasteiger partial charge >= 0.3 is 0 Å². The molecule has 21 heavy (non-hydrogen) atoms. The number of fused-ring (bicyclic) bond motifs is 1. The number of hydrogen-bond acceptors (Lipinski definition) is 3. The largest absolute Gasteiger partial charge is 0.390 e. The van der Waals surface area contributed by atoms with Crippen LogP contribution in [0.2, 0.25) is 5.02 Å². The smallest absolute Gasteiger partial charge is 0.144 e. The van der Waals surface area contributed by atoms with Crippen molar-refractivity contribution >= 4 is 39.0 Å². The average Bonchev–Trinajstić information content (AvgIpc) is 2.89. The molecular weight excluding hydrogens is 302 g/mol. The molecule has 0 atom stereocenters. The van der Waals surface area contributed by atoms with Crippen molar-refractivity contribution in [2.24, 2.45) is 0 Å². The monoisotopic (exact) mass is 319 g/mol. The maximum atomic E-state index is 6.40. The first-order valence-electron chi connectivity index (χ1n) is 6.94. The van der Waals surface area contributed by atoms with E-state index in [-0.39, 0.29) is 6.04 Å². The topological polar surface area (TPSA) is 43.8 Å². The van der Waals surface area contributed by atoms with Crippen LogP contribution in [0.15, 0.2) is 18.2 Å². The second-order valence-corrected chi connectivity index (χ2v) is 7.19. The molecule has 0 aliphatic rings. The third-order valence-electron chi connectivity index (χ3n) is 3.81. The Labute approximate surface area is 133 Å². The third kappa shape index (κ3) is 2.14. The molecule has 3 rings (SSSR count). The highest BCUT2D eigenvalue weighted by Gasteiger charge is 2.22. The van der Waals surface area contributed by atoms with Gasteiger partial charge in [-0.2, -0.15) is 0 Å². The number of benzene rings is 1. The number of aryl methyl sites for hydroxylation is 1. The lowest BCUT2D eigenvalue weighted by molar-refractivity contribution is 0.624. The second kappa shape index (κ2) is 5.04. The van der Waals surface area contributed by atoms with Crippen molar-refractivity contribution in [1.82, 2.24) is 9.55 Å². The number of aromatic nitrogens is 2. The minimum atomic E-state index is 0.254. The first-order chi connectivity index (χ1) is 9.91. The summed E-state index contributed by atoms with van der Waals surface area (Å²) in [6, 6.07) is 6.09. The molecule has 0 bridgehead atoms. The van der Waals surface area contributed by atoms with E-state index in [9.17, 15) is 0 Å². The van der Waals surface area contributed by atoms with Crippen LogP contribution < -0.4 is 5.73 Å². The van der Waals surface area contributed by atoms with Crippen LogP contribution in [-0.4, -0.2) is 9.55 Å².